The first-order valence-electron chi connectivity index (χ1n) is 9.40. The average Bonchev–Trinajstić information content (AvgIpc) is 3.22. The number of para-hydroxylation sites is 2. The third-order valence-electron chi connectivity index (χ3n) is 4.72. The molecule has 0 radical (unpaired) electrons. The molecule has 4 rings (SSSR count). The van der Waals surface area contributed by atoms with Gasteiger partial charge in [0.25, 0.3) is 11.1 Å². The molecule has 1 fully saturated rings. The lowest BCUT2D eigenvalue weighted by Gasteiger charge is -2.08. The minimum Gasteiger partial charge on any atom is -0.489 e. The smallest absolute Gasteiger partial charge is 0.293 e. The third-order valence-corrected chi connectivity index (χ3v) is 5.63. The van der Waals surface area contributed by atoms with Crippen LogP contribution in [-0.2, 0) is 11.3 Å². The number of hydrogen-bond donors (Lipinski definition) is 0. The molecule has 1 aliphatic rings. The highest BCUT2D eigenvalue weighted by atomic mass is 32.2. The number of benzene rings is 2. The summed E-state index contributed by atoms with van der Waals surface area (Å²) in [6, 6.07) is 14.1. The molecule has 30 heavy (non-hydrogen) atoms. The molecule has 1 aromatic heterocycles. The van der Waals surface area contributed by atoms with Crippen molar-refractivity contribution in [3.8, 4) is 5.75 Å². The van der Waals surface area contributed by atoms with Crippen molar-refractivity contribution in [3.63, 3.8) is 0 Å². The Kier molecular flexibility index (Phi) is 5.72. The Bertz CT molecular complexity index is 1170. The summed E-state index contributed by atoms with van der Waals surface area (Å²) < 4.78 is 21.3. The molecule has 2 amide bonds. The molecule has 5 nitrogen and oxygen atoms in total. The number of hydrogen-bond acceptors (Lipinski definition) is 4. The molecule has 1 aliphatic heterocycles. The fourth-order valence-electron chi connectivity index (χ4n) is 3.32. The number of amides is 2. The number of carbonyl (C=O) groups is 2. The van der Waals surface area contributed by atoms with Crippen LogP contribution >= 0.6 is 11.8 Å². The molecule has 0 bridgehead atoms. The van der Waals surface area contributed by atoms with Gasteiger partial charge in [0.15, 0.2) is 11.6 Å². The Balaban J connectivity index is 1.58. The van der Waals surface area contributed by atoms with Crippen molar-refractivity contribution < 1.29 is 18.7 Å². The van der Waals surface area contributed by atoms with Gasteiger partial charge in [-0.05, 0) is 36.0 Å². The van der Waals surface area contributed by atoms with Crippen molar-refractivity contribution in [2.45, 2.75) is 6.54 Å². The molecule has 0 N–H and O–H groups in total. The van der Waals surface area contributed by atoms with Crippen LogP contribution in [0.5, 0.6) is 5.75 Å². The molecule has 0 atom stereocenters. The molecule has 2 aromatic carbocycles. The van der Waals surface area contributed by atoms with E-state index in [-0.39, 0.29) is 30.0 Å². The maximum absolute atomic E-state index is 13.7. The van der Waals surface area contributed by atoms with Gasteiger partial charge in [-0.2, -0.15) is 0 Å². The number of halogens is 1. The summed E-state index contributed by atoms with van der Waals surface area (Å²) in [6.07, 6.45) is 5.18. The van der Waals surface area contributed by atoms with Gasteiger partial charge in [0, 0.05) is 29.2 Å². The Morgan fingerprint density at radius 3 is 2.67 bits per heavy atom. The normalized spacial score (nSPS) is 15.4. The van der Waals surface area contributed by atoms with Gasteiger partial charge in [0.05, 0.1) is 11.4 Å². The number of carbonyl (C=O) groups excluding carboxylic acids is 2. The minimum atomic E-state index is -0.397. The Morgan fingerprint density at radius 2 is 1.87 bits per heavy atom. The summed E-state index contributed by atoms with van der Waals surface area (Å²) in [4.78, 5) is 26.1. The van der Waals surface area contributed by atoms with E-state index < -0.39 is 5.82 Å². The van der Waals surface area contributed by atoms with E-state index in [0.29, 0.717) is 11.4 Å². The largest absolute Gasteiger partial charge is 0.489 e. The maximum Gasteiger partial charge on any atom is 0.293 e. The summed E-state index contributed by atoms with van der Waals surface area (Å²) in [7, 11) is 0. The van der Waals surface area contributed by atoms with Crippen molar-refractivity contribution in [1.29, 1.82) is 0 Å². The van der Waals surface area contributed by atoms with E-state index in [1.165, 1.54) is 17.0 Å². The van der Waals surface area contributed by atoms with Gasteiger partial charge >= 0.3 is 0 Å². The number of fused-ring (bicyclic) bond motifs is 1. The van der Waals surface area contributed by atoms with E-state index >= 15 is 0 Å². The lowest BCUT2D eigenvalue weighted by atomic mass is 10.1. The van der Waals surface area contributed by atoms with E-state index in [0.717, 1.165) is 28.2 Å². The van der Waals surface area contributed by atoms with Crippen LogP contribution in [0.25, 0.3) is 17.0 Å². The Labute approximate surface area is 177 Å². The van der Waals surface area contributed by atoms with Gasteiger partial charge in [-0.3, -0.25) is 14.5 Å². The predicted octanol–water partition coefficient (Wildman–Crippen LogP) is 5.08. The molecular weight excluding hydrogens is 403 g/mol. The third kappa shape index (κ3) is 3.89. The van der Waals surface area contributed by atoms with Crippen LogP contribution in [0.1, 0.15) is 5.56 Å². The summed E-state index contributed by atoms with van der Waals surface area (Å²) in [5, 5.41) is 0.659. The highest BCUT2D eigenvalue weighted by Crippen LogP contribution is 2.34. The van der Waals surface area contributed by atoms with Gasteiger partial charge in [0.1, 0.15) is 6.61 Å². The monoisotopic (exact) mass is 422 g/mol. The average molecular weight is 422 g/mol. The highest BCUT2D eigenvalue weighted by molar-refractivity contribution is 8.18. The maximum atomic E-state index is 13.7. The second-order valence-corrected chi connectivity index (χ2v) is 7.65. The summed E-state index contributed by atoms with van der Waals surface area (Å²) in [6.45, 7) is 4.57. The van der Waals surface area contributed by atoms with E-state index in [1.54, 1.807) is 24.3 Å². The zero-order chi connectivity index (χ0) is 21.1. The van der Waals surface area contributed by atoms with E-state index in [4.69, 9.17) is 4.74 Å². The van der Waals surface area contributed by atoms with Crippen LogP contribution < -0.4 is 4.74 Å². The van der Waals surface area contributed by atoms with Crippen LogP contribution in [0, 0.1) is 5.82 Å². The minimum absolute atomic E-state index is 0.192. The second kappa shape index (κ2) is 8.59. The quantitative estimate of drug-likeness (QED) is 0.394. The SMILES string of the molecule is C=CCN1C(=O)S/C(=C\c2cn(CCOc3ccccc3F)c3ccccc23)C1=O. The number of nitrogens with zero attached hydrogens (tertiary/aromatic N) is 2. The van der Waals surface area contributed by atoms with Gasteiger partial charge in [-0.1, -0.05) is 36.4 Å². The van der Waals surface area contributed by atoms with Crippen LogP contribution in [-0.4, -0.2) is 33.8 Å². The molecule has 152 valence electrons. The van der Waals surface area contributed by atoms with Crippen molar-refractivity contribution >= 4 is 39.9 Å². The number of thioether (sulfide) groups is 1. The van der Waals surface area contributed by atoms with Gasteiger partial charge in [-0.15, -0.1) is 6.58 Å². The van der Waals surface area contributed by atoms with Crippen LogP contribution in [0.4, 0.5) is 9.18 Å². The molecule has 3 aromatic rings. The highest BCUT2D eigenvalue weighted by Gasteiger charge is 2.34. The van der Waals surface area contributed by atoms with Crippen molar-refractivity contribution in [2.24, 2.45) is 0 Å². The molecular formula is C23H19FN2O3S. The van der Waals surface area contributed by atoms with Crippen LogP contribution in [0.3, 0.4) is 0 Å². The first kappa shape index (κ1) is 20.0. The van der Waals surface area contributed by atoms with E-state index in [1.807, 2.05) is 35.0 Å². The second-order valence-electron chi connectivity index (χ2n) is 6.65. The molecule has 1 saturated heterocycles. The molecule has 2 heterocycles. The molecule has 0 spiro atoms. The number of aromatic nitrogens is 1. The summed E-state index contributed by atoms with van der Waals surface area (Å²) >= 11 is 0.926. The number of imide groups is 1. The fraction of sp³-hybridized carbons (Fsp3) is 0.130. The molecule has 0 aliphatic carbocycles. The number of rotatable bonds is 7. The van der Waals surface area contributed by atoms with Crippen molar-refractivity contribution in [1.82, 2.24) is 9.47 Å². The predicted molar refractivity (Wildman–Crippen MR) is 117 cm³/mol. The lowest BCUT2D eigenvalue weighted by Crippen LogP contribution is -2.27. The fourth-order valence-corrected chi connectivity index (χ4v) is 4.16. The summed E-state index contributed by atoms with van der Waals surface area (Å²) in [5.74, 6) is -0.500. The van der Waals surface area contributed by atoms with Crippen molar-refractivity contribution in [2.75, 3.05) is 13.2 Å². The van der Waals surface area contributed by atoms with Crippen molar-refractivity contribution in [3.05, 3.63) is 83.7 Å². The zero-order valence-corrected chi connectivity index (χ0v) is 16.9. The molecule has 0 unspecified atom stereocenters. The van der Waals surface area contributed by atoms with Gasteiger partial charge < -0.3 is 9.30 Å². The van der Waals surface area contributed by atoms with Gasteiger partial charge in [0.2, 0.25) is 0 Å². The standard InChI is InChI=1S/C23H19FN2O3S/c1-2-11-26-22(27)21(30-23(26)28)14-16-15-25(19-9-5-3-7-17(16)19)12-13-29-20-10-6-4-8-18(20)24/h2-10,14-15H,1,11-13H2/b21-14-. The zero-order valence-electron chi connectivity index (χ0n) is 16.1. The summed E-state index contributed by atoms with van der Waals surface area (Å²) in [5.41, 5.74) is 1.80. The molecule has 7 heteroatoms. The van der Waals surface area contributed by atoms with E-state index in [9.17, 15) is 14.0 Å². The lowest BCUT2D eigenvalue weighted by molar-refractivity contribution is -0.122. The first-order chi connectivity index (χ1) is 14.6. The Hall–Kier alpha value is -3.32. The topological polar surface area (TPSA) is 51.5 Å². The van der Waals surface area contributed by atoms with Crippen LogP contribution in [0.15, 0.2) is 72.3 Å². The Morgan fingerprint density at radius 1 is 1.10 bits per heavy atom. The van der Waals surface area contributed by atoms with Gasteiger partial charge in [-0.25, -0.2) is 4.39 Å². The molecule has 0 saturated carbocycles. The van der Waals surface area contributed by atoms with Crippen LogP contribution in [0.2, 0.25) is 0 Å². The van der Waals surface area contributed by atoms with E-state index in [2.05, 4.69) is 6.58 Å². The number of ether oxygens (including phenoxy) is 1. The first-order valence-corrected chi connectivity index (χ1v) is 10.2.